The average Bonchev–Trinajstić information content (AvgIpc) is 4.13. The van der Waals surface area contributed by atoms with Crippen LogP contribution in [0.3, 0.4) is 0 Å². The minimum atomic E-state index is -3.23. The third-order valence-corrected chi connectivity index (χ3v) is 13.1. The predicted molar refractivity (Wildman–Crippen MR) is 204 cm³/mol. The first kappa shape index (κ1) is 40.2. The molecule has 0 bridgehead atoms. The van der Waals surface area contributed by atoms with Crippen molar-refractivity contribution in [3.63, 3.8) is 0 Å². The highest BCUT2D eigenvalue weighted by atomic mass is 32.2. The maximum absolute atomic E-state index is 13.5. The van der Waals surface area contributed by atoms with Crippen molar-refractivity contribution in [2.75, 3.05) is 24.7 Å². The predicted octanol–water partition coefficient (Wildman–Crippen LogP) is 3.10. The van der Waals surface area contributed by atoms with Crippen LogP contribution < -0.4 is 10.1 Å². The van der Waals surface area contributed by atoms with Crippen LogP contribution in [0.15, 0.2) is 60.9 Å². The number of aryl methyl sites for hydroxylation is 1. The number of rotatable bonds is 18. The summed E-state index contributed by atoms with van der Waals surface area (Å²) < 4.78 is 30.6. The number of pyridine rings is 1. The number of hydrogen-bond donors (Lipinski definition) is 6. The Kier molecular flexibility index (Phi) is 12.8. The quantitative estimate of drug-likeness (QED) is 0.112. The van der Waals surface area contributed by atoms with E-state index in [1.165, 1.54) is 21.6 Å². The van der Waals surface area contributed by atoms with Gasteiger partial charge in [-0.3, -0.25) is 9.78 Å². The van der Waals surface area contributed by atoms with Crippen molar-refractivity contribution in [3.8, 4) is 16.9 Å². The number of hydrogen-bond acceptors (Lipinski definition) is 11. The fraction of sp³-hybridized carbons (Fsp3) is 0.561. The molecule has 1 aromatic heterocycles. The molecule has 2 aliphatic carbocycles. The van der Waals surface area contributed by atoms with Crippen LogP contribution in [-0.4, -0.2) is 111 Å². The van der Waals surface area contributed by atoms with Crippen LogP contribution in [-0.2, 0) is 26.7 Å². The maximum Gasteiger partial charge on any atom is 0.254 e. The summed E-state index contributed by atoms with van der Waals surface area (Å²) >= 11 is 0. The van der Waals surface area contributed by atoms with Crippen molar-refractivity contribution >= 4 is 15.7 Å². The first-order chi connectivity index (χ1) is 25.8. The number of aromatic nitrogens is 1. The second kappa shape index (κ2) is 17.2. The molecule has 3 aromatic rings. The molecule has 1 amide bonds. The van der Waals surface area contributed by atoms with Gasteiger partial charge in [0, 0.05) is 42.6 Å². The van der Waals surface area contributed by atoms with E-state index in [4.69, 9.17) is 9.84 Å². The van der Waals surface area contributed by atoms with Gasteiger partial charge in [-0.05, 0) is 104 Å². The number of carbonyl (C=O) groups is 1. The summed E-state index contributed by atoms with van der Waals surface area (Å²) in [5.74, 6) is -0.00228. The molecule has 6 rings (SSSR count). The van der Waals surface area contributed by atoms with Crippen LogP contribution in [0.4, 0.5) is 0 Å². The van der Waals surface area contributed by atoms with Crippen LogP contribution in [0.1, 0.15) is 86.5 Å². The highest BCUT2D eigenvalue weighted by Gasteiger charge is 2.46. The molecule has 0 radical (unpaired) electrons. The largest absolute Gasteiger partial charge is 0.490 e. The summed E-state index contributed by atoms with van der Waals surface area (Å²) in [4.78, 5) is 19.4. The molecule has 0 spiro atoms. The molecule has 3 fully saturated rings. The highest BCUT2D eigenvalue weighted by Crippen LogP contribution is 2.50. The molecule has 12 nitrogen and oxygen atoms in total. The Balaban J connectivity index is 1.11. The van der Waals surface area contributed by atoms with Gasteiger partial charge < -0.3 is 40.5 Å². The number of amides is 1. The molecule has 5 atom stereocenters. The Hall–Kier alpha value is -3.43. The monoisotopic (exact) mass is 765 g/mol. The van der Waals surface area contributed by atoms with Gasteiger partial charge >= 0.3 is 0 Å². The van der Waals surface area contributed by atoms with Crippen LogP contribution in [0.2, 0.25) is 0 Å². The molecule has 1 aliphatic heterocycles. The maximum atomic E-state index is 13.5. The van der Waals surface area contributed by atoms with E-state index in [9.17, 15) is 33.6 Å². The number of aliphatic hydroxyl groups excluding tert-OH is 5. The van der Waals surface area contributed by atoms with Gasteiger partial charge in [0.15, 0.2) is 6.10 Å². The molecular formula is C41H55N3O9S. The van der Waals surface area contributed by atoms with Gasteiger partial charge in [-0.2, -0.15) is 0 Å². The Morgan fingerprint density at radius 2 is 1.72 bits per heavy atom. The lowest BCUT2D eigenvalue weighted by molar-refractivity contribution is -0.160. The molecule has 2 heterocycles. The van der Waals surface area contributed by atoms with E-state index in [1.54, 1.807) is 0 Å². The number of sulfone groups is 1. The van der Waals surface area contributed by atoms with Gasteiger partial charge in [-0.1, -0.05) is 43.3 Å². The summed E-state index contributed by atoms with van der Waals surface area (Å²) in [6.45, 7) is 4.25. The van der Waals surface area contributed by atoms with Crippen molar-refractivity contribution in [2.45, 2.75) is 120 Å². The van der Waals surface area contributed by atoms with Gasteiger partial charge in [-0.25, -0.2) is 8.42 Å². The number of para-hydroxylation sites is 1. The number of ether oxygens (including phenoxy) is 1. The van der Waals surface area contributed by atoms with E-state index in [0.717, 1.165) is 48.1 Å². The summed E-state index contributed by atoms with van der Waals surface area (Å²) in [7, 11) is -3.23. The Morgan fingerprint density at radius 1 is 1.00 bits per heavy atom. The normalized spacial score (nSPS) is 20.7. The van der Waals surface area contributed by atoms with Crippen molar-refractivity contribution in [3.05, 3.63) is 83.2 Å². The second-order valence-electron chi connectivity index (χ2n) is 15.5. The van der Waals surface area contributed by atoms with Gasteiger partial charge in [0.1, 0.15) is 33.9 Å². The van der Waals surface area contributed by atoms with E-state index in [1.807, 2.05) is 30.6 Å². The zero-order valence-electron chi connectivity index (χ0n) is 31.2. The van der Waals surface area contributed by atoms with Gasteiger partial charge in [-0.15, -0.1) is 0 Å². The molecule has 3 aliphatic rings. The van der Waals surface area contributed by atoms with Crippen LogP contribution in [0.25, 0.3) is 11.1 Å². The lowest BCUT2D eigenvalue weighted by atomic mass is 9.92. The Bertz CT molecular complexity index is 1850. The number of carbonyl (C=O) groups excluding carboxylic acids is 1. The van der Waals surface area contributed by atoms with E-state index < -0.39 is 52.8 Å². The fourth-order valence-corrected chi connectivity index (χ4v) is 8.99. The van der Waals surface area contributed by atoms with E-state index in [-0.39, 0.29) is 42.3 Å². The number of nitrogens with zero attached hydrogens (tertiary/aromatic N) is 2. The molecule has 54 heavy (non-hydrogen) atoms. The number of aliphatic hydroxyl groups is 5. The van der Waals surface area contributed by atoms with E-state index in [0.29, 0.717) is 25.5 Å². The molecule has 294 valence electrons. The van der Waals surface area contributed by atoms with Crippen LogP contribution >= 0.6 is 0 Å². The summed E-state index contributed by atoms with van der Waals surface area (Å²) in [6.07, 6.45) is 2.14. The Morgan fingerprint density at radius 3 is 2.41 bits per heavy atom. The second-order valence-corrected chi connectivity index (χ2v) is 17.8. The van der Waals surface area contributed by atoms with Gasteiger partial charge in [0.25, 0.3) is 5.91 Å². The van der Waals surface area contributed by atoms with Gasteiger partial charge in [0.05, 0.1) is 24.2 Å². The van der Waals surface area contributed by atoms with Crippen molar-refractivity contribution in [1.82, 2.24) is 15.2 Å². The summed E-state index contributed by atoms with van der Waals surface area (Å²) in [6, 6.07) is 16.3. The van der Waals surface area contributed by atoms with Gasteiger partial charge in [0.2, 0.25) is 0 Å². The van der Waals surface area contributed by atoms with E-state index >= 15 is 0 Å². The molecular weight excluding hydrogens is 711 g/mol. The molecule has 6 N–H and O–H groups in total. The SMILES string of the molecule is Cc1ccc(C(C)CCCN(C(=O)C(O)C(O)C(O)C(O)CO)C2CCS(=O)(=O)CC2)cc1CNC1(c2cnccc2-c2ccccc2OC2CC2)CC1. The zero-order valence-corrected chi connectivity index (χ0v) is 32.0. The smallest absolute Gasteiger partial charge is 0.254 e. The first-order valence-electron chi connectivity index (χ1n) is 19.2. The van der Waals surface area contributed by atoms with Crippen LogP contribution in [0.5, 0.6) is 5.75 Å². The summed E-state index contributed by atoms with van der Waals surface area (Å²) in [5, 5.41) is 54.1. The average molecular weight is 766 g/mol. The number of nitrogens with one attached hydrogen (secondary N) is 1. The first-order valence-corrected chi connectivity index (χ1v) is 21.0. The lowest BCUT2D eigenvalue weighted by Gasteiger charge is -2.37. The molecule has 2 aromatic carbocycles. The third kappa shape index (κ3) is 9.50. The lowest BCUT2D eigenvalue weighted by Crippen LogP contribution is -2.55. The van der Waals surface area contributed by atoms with Crippen molar-refractivity contribution in [1.29, 1.82) is 0 Å². The molecule has 13 heteroatoms. The minimum absolute atomic E-state index is 0.0892. The standard InChI is InChI=1S/C41H55N3O9S/c1-26(6-5-19-44(30-14-20-54(51,52)21-15-30)40(50)39(49)38(48)37(47)35(46)25-45)28-10-9-27(2)29(22-28)23-43-41(16-17-41)34-24-42-18-13-32(34)33-7-3-4-8-36(33)53-31-11-12-31/h3-4,7-10,13,18,22,24,26,30-31,35,37-39,43,45-49H,5-6,11-12,14-17,19-21,23,25H2,1-2H3. The zero-order chi connectivity index (χ0) is 38.6. The highest BCUT2D eigenvalue weighted by molar-refractivity contribution is 7.91. The number of benzene rings is 2. The molecule has 5 unspecified atom stereocenters. The third-order valence-electron chi connectivity index (χ3n) is 11.4. The van der Waals surface area contributed by atoms with Crippen molar-refractivity contribution in [2.24, 2.45) is 0 Å². The summed E-state index contributed by atoms with van der Waals surface area (Å²) in [5.41, 5.74) is 6.71. The van der Waals surface area contributed by atoms with Crippen molar-refractivity contribution < 1.29 is 43.5 Å². The fourth-order valence-electron chi connectivity index (χ4n) is 7.52. The molecule has 2 saturated carbocycles. The topological polar surface area (TPSA) is 190 Å². The molecule has 1 saturated heterocycles. The van der Waals surface area contributed by atoms with E-state index in [2.05, 4.69) is 54.5 Å². The minimum Gasteiger partial charge on any atom is -0.490 e. The Labute approximate surface area is 318 Å². The van der Waals surface area contributed by atoms with Crippen LogP contribution in [0, 0.1) is 6.92 Å².